The molecule has 5 heterocycles. The van der Waals surface area contributed by atoms with Gasteiger partial charge in [-0.05, 0) is 19.4 Å². The first kappa shape index (κ1) is 24.6. The number of hydrogen-bond acceptors (Lipinski definition) is 10. The van der Waals surface area contributed by atoms with E-state index in [0.29, 0.717) is 35.5 Å². The Labute approximate surface area is 212 Å². The number of fused-ring (bicyclic) bond motifs is 2. The van der Waals surface area contributed by atoms with Crippen LogP contribution in [0.5, 0.6) is 0 Å². The number of ether oxygens (including phenoxy) is 1. The van der Waals surface area contributed by atoms with Crippen molar-refractivity contribution >= 4 is 44.7 Å². The normalized spacial score (nSPS) is 13.9. The summed E-state index contributed by atoms with van der Waals surface area (Å²) < 4.78 is 46.0. The molecule has 0 fully saturated rings. The molecule has 0 unspecified atom stereocenters. The van der Waals surface area contributed by atoms with Gasteiger partial charge in [0.2, 0.25) is 5.82 Å². The third-order valence-electron chi connectivity index (χ3n) is 5.60. The Morgan fingerprint density at radius 3 is 2.75 bits per heavy atom. The number of hydrogen-bond donors (Lipinski definition) is 0. The molecule has 14 heteroatoms. The van der Waals surface area contributed by atoms with Crippen LogP contribution in [-0.4, -0.2) is 48.8 Å². The standard InChI is InChI=1S/C22H22F3N7O2S2/c1-3-5-13-9-14-18(31-6-7-32-15(10-31)29-30-21(32)22(23,24)25)27-17(28-19(14)36-13)20-26-12(11-35-20)8-16(33)34-4-2/h9,11H,3-8,10H2,1-2H3. The summed E-state index contributed by atoms with van der Waals surface area (Å²) in [6.45, 7) is 4.68. The Morgan fingerprint density at radius 1 is 1.17 bits per heavy atom. The molecule has 190 valence electrons. The van der Waals surface area contributed by atoms with Crippen LogP contribution < -0.4 is 4.90 Å². The van der Waals surface area contributed by atoms with Crippen LogP contribution in [0.2, 0.25) is 0 Å². The molecule has 5 rings (SSSR count). The Kier molecular flexibility index (Phi) is 6.64. The summed E-state index contributed by atoms with van der Waals surface area (Å²) in [6, 6.07) is 2.05. The third-order valence-corrected chi connectivity index (χ3v) is 7.58. The number of thiazole rings is 1. The summed E-state index contributed by atoms with van der Waals surface area (Å²) in [5.41, 5.74) is 0.572. The molecule has 9 nitrogen and oxygen atoms in total. The molecule has 0 aromatic carbocycles. The molecule has 0 atom stereocenters. The van der Waals surface area contributed by atoms with Crippen molar-refractivity contribution in [1.29, 1.82) is 0 Å². The van der Waals surface area contributed by atoms with Crippen molar-refractivity contribution < 1.29 is 22.7 Å². The van der Waals surface area contributed by atoms with Crippen LogP contribution >= 0.6 is 22.7 Å². The second-order valence-electron chi connectivity index (χ2n) is 8.19. The highest BCUT2D eigenvalue weighted by molar-refractivity contribution is 7.18. The highest BCUT2D eigenvalue weighted by Gasteiger charge is 2.39. The van der Waals surface area contributed by atoms with Gasteiger partial charge in [-0.1, -0.05) is 13.3 Å². The van der Waals surface area contributed by atoms with Crippen LogP contribution in [0.4, 0.5) is 19.0 Å². The summed E-state index contributed by atoms with van der Waals surface area (Å²) in [4.78, 5) is 29.8. The lowest BCUT2D eigenvalue weighted by molar-refractivity contribution is -0.147. The molecule has 0 N–H and O–H groups in total. The zero-order valence-corrected chi connectivity index (χ0v) is 21.1. The summed E-state index contributed by atoms with van der Waals surface area (Å²) in [5, 5.41) is 10.4. The number of halogens is 3. The summed E-state index contributed by atoms with van der Waals surface area (Å²) >= 11 is 2.90. The molecule has 4 aromatic rings. The number of anilines is 1. The van der Waals surface area contributed by atoms with Crippen LogP contribution in [0, 0.1) is 0 Å². The van der Waals surface area contributed by atoms with E-state index in [9.17, 15) is 18.0 Å². The number of rotatable bonds is 7. The quantitative estimate of drug-likeness (QED) is 0.318. The second kappa shape index (κ2) is 9.73. The fourth-order valence-electron chi connectivity index (χ4n) is 4.06. The number of aryl methyl sites for hydroxylation is 1. The van der Waals surface area contributed by atoms with E-state index in [0.717, 1.165) is 32.5 Å². The molecule has 0 saturated carbocycles. The number of carbonyl (C=O) groups excluding carboxylic acids is 1. The van der Waals surface area contributed by atoms with Gasteiger partial charge in [0.15, 0.2) is 16.7 Å². The van der Waals surface area contributed by atoms with E-state index in [4.69, 9.17) is 14.7 Å². The zero-order chi connectivity index (χ0) is 25.4. The lowest BCUT2D eigenvalue weighted by Crippen LogP contribution is -2.36. The first-order valence-electron chi connectivity index (χ1n) is 11.4. The molecular weight excluding hydrogens is 515 g/mol. The van der Waals surface area contributed by atoms with Gasteiger partial charge in [-0.3, -0.25) is 4.79 Å². The van der Waals surface area contributed by atoms with E-state index in [1.807, 2.05) is 4.90 Å². The van der Waals surface area contributed by atoms with Gasteiger partial charge in [0.25, 0.3) is 0 Å². The van der Waals surface area contributed by atoms with Crippen molar-refractivity contribution in [2.75, 3.05) is 18.1 Å². The predicted octanol–water partition coefficient (Wildman–Crippen LogP) is 4.50. The first-order chi connectivity index (χ1) is 17.3. The third kappa shape index (κ3) is 4.78. The lowest BCUT2D eigenvalue weighted by atomic mass is 10.2. The Hall–Kier alpha value is -3.13. The van der Waals surface area contributed by atoms with Gasteiger partial charge in [0.1, 0.15) is 10.6 Å². The minimum atomic E-state index is -4.56. The summed E-state index contributed by atoms with van der Waals surface area (Å²) in [7, 11) is 0. The van der Waals surface area contributed by atoms with Crippen molar-refractivity contribution in [3.8, 4) is 10.8 Å². The van der Waals surface area contributed by atoms with Gasteiger partial charge in [0.05, 0.1) is 30.7 Å². The smallest absolute Gasteiger partial charge is 0.451 e. The average Bonchev–Trinajstić information content (AvgIpc) is 3.55. The molecule has 0 radical (unpaired) electrons. The predicted molar refractivity (Wildman–Crippen MR) is 129 cm³/mol. The molecule has 0 bridgehead atoms. The van der Waals surface area contributed by atoms with Gasteiger partial charge in [-0.25, -0.2) is 15.0 Å². The van der Waals surface area contributed by atoms with Crippen LogP contribution in [0.25, 0.3) is 21.0 Å². The maximum Gasteiger partial charge on any atom is 0.451 e. The molecule has 1 aliphatic heterocycles. The maximum atomic E-state index is 13.3. The van der Waals surface area contributed by atoms with Crippen molar-refractivity contribution in [1.82, 2.24) is 29.7 Å². The van der Waals surface area contributed by atoms with E-state index < -0.39 is 12.0 Å². The molecular formula is C22H22F3N7O2S2. The molecule has 0 spiro atoms. The Balaban J connectivity index is 1.52. The van der Waals surface area contributed by atoms with Gasteiger partial charge in [-0.2, -0.15) is 13.2 Å². The van der Waals surface area contributed by atoms with E-state index in [2.05, 4.69) is 28.2 Å². The lowest BCUT2D eigenvalue weighted by Gasteiger charge is -2.29. The van der Waals surface area contributed by atoms with E-state index in [1.165, 1.54) is 11.3 Å². The highest BCUT2D eigenvalue weighted by Crippen LogP contribution is 2.36. The molecule has 0 amide bonds. The van der Waals surface area contributed by atoms with Gasteiger partial charge in [0, 0.05) is 23.3 Å². The number of alkyl halides is 3. The summed E-state index contributed by atoms with van der Waals surface area (Å²) in [6.07, 6.45) is -2.64. The minimum absolute atomic E-state index is 0.0580. The highest BCUT2D eigenvalue weighted by atomic mass is 32.1. The average molecular weight is 538 g/mol. The van der Waals surface area contributed by atoms with Gasteiger partial charge >= 0.3 is 12.1 Å². The number of esters is 1. The Morgan fingerprint density at radius 2 is 2.00 bits per heavy atom. The van der Waals surface area contributed by atoms with Crippen molar-refractivity contribution in [3.63, 3.8) is 0 Å². The summed E-state index contributed by atoms with van der Waals surface area (Å²) in [5.74, 6) is -0.0752. The van der Waals surface area contributed by atoms with Crippen molar-refractivity contribution in [3.05, 3.63) is 33.7 Å². The largest absolute Gasteiger partial charge is 0.466 e. The first-order valence-corrected chi connectivity index (χ1v) is 13.1. The van der Waals surface area contributed by atoms with Crippen molar-refractivity contribution in [2.24, 2.45) is 0 Å². The topological polar surface area (TPSA) is 98.9 Å². The number of carbonyl (C=O) groups is 1. The molecule has 0 saturated heterocycles. The fraction of sp³-hybridized carbons (Fsp3) is 0.455. The molecule has 1 aliphatic rings. The van der Waals surface area contributed by atoms with Crippen LogP contribution in [0.3, 0.4) is 0 Å². The monoisotopic (exact) mass is 537 g/mol. The molecule has 36 heavy (non-hydrogen) atoms. The number of nitrogens with zero attached hydrogens (tertiary/aromatic N) is 7. The van der Waals surface area contributed by atoms with E-state index >= 15 is 0 Å². The van der Waals surface area contributed by atoms with Crippen LogP contribution in [0.1, 0.15) is 42.5 Å². The zero-order valence-electron chi connectivity index (χ0n) is 19.5. The van der Waals surface area contributed by atoms with E-state index in [1.54, 1.807) is 23.6 Å². The van der Waals surface area contributed by atoms with Crippen LogP contribution in [0.15, 0.2) is 11.4 Å². The van der Waals surface area contributed by atoms with Gasteiger partial charge in [-0.15, -0.1) is 32.9 Å². The SMILES string of the molecule is CCCc1cc2c(N3CCn4c(nnc4C(F)(F)F)C3)nc(-c3nc(CC(=O)OCC)cs3)nc2s1. The molecule has 4 aromatic heterocycles. The maximum absolute atomic E-state index is 13.3. The number of thiophene rings is 1. The van der Waals surface area contributed by atoms with Crippen molar-refractivity contribution in [2.45, 2.75) is 52.4 Å². The van der Waals surface area contributed by atoms with Crippen LogP contribution in [-0.2, 0) is 41.6 Å². The van der Waals surface area contributed by atoms with E-state index in [-0.39, 0.29) is 31.3 Å². The Bertz CT molecular complexity index is 1410. The second-order valence-corrected chi connectivity index (χ2v) is 10.2. The van der Waals surface area contributed by atoms with Gasteiger partial charge < -0.3 is 14.2 Å². The minimum Gasteiger partial charge on any atom is -0.466 e. The molecule has 0 aliphatic carbocycles. The fourth-order valence-corrected chi connectivity index (χ4v) is 5.94. The number of aromatic nitrogens is 6.